The molecule has 1 saturated carbocycles. The van der Waals surface area contributed by atoms with Crippen molar-refractivity contribution in [2.45, 2.75) is 31.3 Å². The number of hydrogen-bond donors (Lipinski definition) is 1. The molecule has 1 fully saturated rings. The topological polar surface area (TPSA) is 41.6 Å². The fourth-order valence-corrected chi connectivity index (χ4v) is 3.00. The van der Waals surface area contributed by atoms with E-state index in [9.17, 15) is 4.39 Å². The van der Waals surface area contributed by atoms with Crippen LogP contribution in [0.3, 0.4) is 0 Å². The molecular formula is C13H15BrFN3. The minimum atomic E-state index is -0.249. The lowest BCUT2D eigenvalue weighted by molar-refractivity contribution is 0.216. The van der Waals surface area contributed by atoms with Crippen molar-refractivity contribution in [1.29, 1.82) is 0 Å². The first-order valence-electron chi connectivity index (χ1n) is 6.07. The van der Waals surface area contributed by atoms with Crippen LogP contribution in [0, 0.1) is 5.82 Å². The number of rotatable bonds is 2. The van der Waals surface area contributed by atoms with Gasteiger partial charge < -0.3 is 10.6 Å². The second kappa shape index (κ2) is 3.95. The Bertz CT molecular complexity index is 527. The van der Waals surface area contributed by atoms with Crippen molar-refractivity contribution in [3.63, 3.8) is 0 Å². The summed E-state index contributed by atoms with van der Waals surface area (Å²) in [5.74, 6) is 0.368. The third kappa shape index (κ3) is 1.72. The summed E-state index contributed by atoms with van der Waals surface area (Å²) >= 11 is 3.24. The van der Waals surface area contributed by atoms with Crippen LogP contribution in [0.15, 0.2) is 27.7 Å². The van der Waals surface area contributed by atoms with E-state index >= 15 is 0 Å². The number of halogens is 2. The highest BCUT2D eigenvalue weighted by Gasteiger charge is 2.46. The Morgan fingerprint density at radius 1 is 1.50 bits per heavy atom. The van der Waals surface area contributed by atoms with Crippen LogP contribution in [0.4, 0.5) is 4.39 Å². The first-order chi connectivity index (χ1) is 8.52. The predicted molar refractivity (Wildman–Crippen MR) is 72.8 cm³/mol. The molecule has 5 heteroatoms. The van der Waals surface area contributed by atoms with Crippen molar-refractivity contribution < 1.29 is 4.39 Å². The van der Waals surface area contributed by atoms with Gasteiger partial charge in [-0.2, -0.15) is 0 Å². The molecular weight excluding hydrogens is 297 g/mol. The zero-order chi connectivity index (χ0) is 12.9. The Balaban J connectivity index is 2.01. The molecule has 2 N–H and O–H groups in total. The van der Waals surface area contributed by atoms with Crippen LogP contribution in [-0.2, 0) is 5.54 Å². The molecule has 1 aromatic carbocycles. The van der Waals surface area contributed by atoms with Crippen molar-refractivity contribution in [2.75, 3.05) is 6.54 Å². The molecule has 0 aromatic heterocycles. The summed E-state index contributed by atoms with van der Waals surface area (Å²) in [7, 11) is 0. The molecule has 0 radical (unpaired) electrons. The number of hydrogen-bond acceptors (Lipinski definition) is 3. The van der Waals surface area contributed by atoms with Gasteiger partial charge in [0.05, 0.1) is 16.6 Å². The summed E-state index contributed by atoms with van der Waals surface area (Å²) in [6.45, 7) is 2.75. The van der Waals surface area contributed by atoms with E-state index in [1.165, 1.54) is 6.07 Å². The average Bonchev–Trinajstić information content (AvgIpc) is 3.10. The molecule has 3 nitrogen and oxygen atoms in total. The fraction of sp³-hybridized carbons (Fsp3) is 0.462. The van der Waals surface area contributed by atoms with Gasteiger partial charge in [-0.3, -0.25) is 4.99 Å². The van der Waals surface area contributed by atoms with E-state index in [1.807, 2.05) is 12.1 Å². The summed E-state index contributed by atoms with van der Waals surface area (Å²) in [6.07, 6.45) is 2.32. The van der Waals surface area contributed by atoms with Crippen LogP contribution in [0.5, 0.6) is 0 Å². The fourth-order valence-electron chi connectivity index (χ4n) is 2.62. The van der Waals surface area contributed by atoms with Crippen LogP contribution >= 0.6 is 15.9 Å². The largest absolute Gasteiger partial charge is 0.370 e. The van der Waals surface area contributed by atoms with E-state index in [0.29, 0.717) is 23.0 Å². The van der Waals surface area contributed by atoms with Gasteiger partial charge >= 0.3 is 0 Å². The van der Waals surface area contributed by atoms with Gasteiger partial charge in [0.25, 0.3) is 0 Å². The Morgan fingerprint density at radius 2 is 2.22 bits per heavy atom. The summed E-state index contributed by atoms with van der Waals surface area (Å²) in [5, 5.41) is 0. The summed E-state index contributed by atoms with van der Waals surface area (Å²) in [4.78, 5) is 6.56. The van der Waals surface area contributed by atoms with E-state index in [2.05, 4.69) is 32.7 Å². The predicted octanol–water partition coefficient (Wildman–Crippen LogP) is 2.60. The van der Waals surface area contributed by atoms with Crippen LogP contribution in [-0.4, -0.2) is 23.4 Å². The summed E-state index contributed by atoms with van der Waals surface area (Å²) < 4.78 is 13.8. The van der Waals surface area contributed by atoms with E-state index in [1.54, 1.807) is 0 Å². The van der Waals surface area contributed by atoms with Gasteiger partial charge in [-0.05, 0) is 53.4 Å². The van der Waals surface area contributed by atoms with Gasteiger partial charge in [0.15, 0.2) is 5.96 Å². The molecule has 2 aliphatic rings. The molecule has 3 rings (SSSR count). The quantitative estimate of drug-likeness (QED) is 0.912. The molecule has 0 saturated heterocycles. The number of nitrogens with zero attached hydrogens (tertiary/aromatic N) is 2. The Hall–Kier alpha value is -1.10. The maximum absolute atomic E-state index is 13.3. The van der Waals surface area contributed by atoms with E-state index < -0.39 is 0 Å². The van der Waals surface area contributed by atoms with E-state index in [4.69, 9.17) is 5.73 Å². The Morgan fingerprint density at radius 3 is 2.83 bits per heavy atom. The van der Waals surface area contributed by atoms with Crippen LogP contribution in [0.2, 0.25) is 0 Å². The zero-order valence-electron chi connectivity index (χ0n) is 10.2. The smallest absolute Gasteiger partial charge is 0.192 e. The summed E-state index contributed by atoms with van der Waals surface area (Å²) in [5.41, 5.74) is 6.79. The minimum Gasteiger partial charge on any atom is -0.370 e. The second-order valence-corrected chi connectivity index (χ2v) is 6.03. The molecule has 1 atom stereocenters. The maximum Gasteiger partial charge on any atom is 0.192 e. The van der Waals surface area contributed by atoms with Gasteiger partial charge in [0.2, 0.25) is 0 Å². The number of nitrogens with two attached hydrogens (primary N) is 1. The highest BCUT2D eigenvalue weighted by Crippen LogP contribution is 2.41. The van der Waals surface area contributed by atoms with Crippen LogP contribution < -0.4 is 5.73 Å². The Kier molecular flexibility index (Phi) is 2.62. The van der Waals surface area contributed by atoms with Crippen molar-refractivity contribution in [2.24, 2.45) is 10.7 Å². The lowest BCUT2D eigenvalue weighted by Crippen LogP contribution is -2.48. The normalized spacial score (nSPS) is 27.5. The molecule has 1 aliphatic heterocycles. The molecule has 18 heavy (non-hydrogen) atoms. The molecule has 1 aromatic rings. The van der Waals surface area contributed by atoms with Gasteiger partial charge in [0, 0.05) is 6.04 Å². The molecule has 0 spiro atoms. The highest BCUT2D eigenvalue weighted by molar-refractivity contribution is 9.10. The minimum absolute atomic E-state index is 0.243. The standard InChI is InChI=1S/C13H15BrFN3/c1-13(8-2-5-11(15)10(14)6-8)7-17-12(16)18(13)9-3-4-9/h2,5-6,9H,3-4,7H2,1H3,(H2,16,17). The SMILES string of the molecule is CC1(c2ccc(F)c(Br)c2)CN=C(N)N1C1CC1. The molecule has 1 aliphatic carbocycles. The van der Waals surface area contributed by atoms with E-state index in [-0.39, 0.29) is 11.4 Å². The molecule has 0 bridgehead atoms. The van der Waals surface area contributed by atoms with Crippen molar-refractivity contribution in [1.82, 2.24) is 4.90 Å². The monoisotopic (exact) mass is 311 g/mol. The number of guanidine groups is 1. The molecule has 96 valence electrons. The Labute approximate surface area is 114 Å². The van der Waals surface area contributed by atoms with Gasteiger partial charge in [0.1, 0.15) is 5.82 Å². The van der Waals surface area contributed by atoms with Gasteiger partial charge in [-0.25, -0.2) is 4.39 Å². The first-order valence-corrected chi connectivity index (χ1v) is 6.86. The van der Waals surface area contributed by atoms with Crippen molar-refractivity contribution in [3.05, 3.63) is 34.1 Å². The van der Waals surface area contributed by atoms with Gasteiger partial charge in [-0.15, -0.1) is 0 Å². The lowest BCUT2D eigenvalue weighted by atomic mass is 9.91. The summed E-state index contributed by atoms with van der Waals surface area (Å²) in [6, 6.07) is 5.64. The third-order valence-corrected chi connectivity index (χ3v) is 4.39. The zero-order valence-corrected chi connectivity index (χ0v) is 11.7. The number of benzene rings is 1. The average molecular weight is 312 g/mol. The van der Waals surface area contributed by atoms with Crippen molar-refractivity contribution >= 4 is 21.9 Å². The highest BCUT2D eigenvalue weighted by atomic mass is 79.9. The number of aliphatic imine (C=N–C) groups is 1. The molecule has 0 amide bonds. The van der Waals surface area contributed by atoms with Crippen LogP contribution in [0.25, 0.3) is 0 Å². The maximum atomic E-state index is 13.3. The van der Waals surface area contributed by atoms with E-state index in [0.717, 1.165) is 18.4 Å². The second-order valence-electron chi connectivity index (χ2n) is 5.18. The molecule has 1 heterocycles. The lowest BCUT2D eigenvalue weighted by Gasteiger charge is -2.37. The van der Waals surface area contributed by atoms with Gasteiger partial charge in [-0.1, -0.05) is 6.07 Å². The van der Waals surface area contributed by atoms with Crippen molar-refractivity contribution in [3.8, 4) is 0 Å². The third-order valence-electron chi connectivity index (χ3n) is 3.78. The van der Waals surface area contributed by atoms with Crippen LogP contribution in [0.1, 0.15) is 25.3 Å². The first kappa shape index (κ1) is 12.0. The molecule has 1 unspecified atom stereocenters.